The standard InChI is InChI=1S/C9H11O/c1-2-8-5-3-4-6-9(8)7-10/h4-6,10H,2,7H2,1H3. The van der Waals surface area contributed by atoms with Crippen molar-refractivity contribution in [3.8, 4) is 0 Å². The second-order valence-corrected chi connectivity index (χ2v) is 2.21. The van der Waals surface area contributed by atoms with Crippen LogP contribution in [0.2, 0.25) is 0 Å². The van der Waals surface area contributed by atoms with Gasteiger partial charge in [0, 0.05) is 0 Å². The molecule has 0 saturated heterocycles. The zero-order valence-electron chi connectivity index (χ0n) is 6.09. The highest BCUT2D eigenvalue weighted by atomic mass is 16.3. The number of aliphatic hydroxyl groups excluding tert-OH is 1. The molecule has 0 spiro atoms. The number of rotatable bonds is 2. The van der Waals surface area contributed by atoms with Crippen LogP contribution in [-0.4, -0.2) is 5.11 Å². The fraction of sp³-hybridized carbons (Fsp3) is 0.333. The fourth-order valence-corrected chi connectivity index (χ4v) is 0.981. The molecule has 0 heterocycles. The fourth-order valence-electron chi connectivity index (χ4n) is 0.981. The maximum atomic E-state index is 8.84. The van der Waals surface area contributed by atoms with Gasteiger partial charge in [0.2, 0.25) is 0 Å². The van der Waals surface area contributed by atoms with E-state index in [9.17, 15) is 0 Å². The van der Waals surface area contributed by atoms with Gasteiger partial charge in [-0.15, -0.1) is 0 Å². The molecule has 0 amide bonds. The van der Waals surface area contributed by atoms with E-state index in [-0.39, 0.29) is 6.61 Å². The van der Waals surface area contributed by atoms with Gasteiger partial charge in [-0.1, -0.05) is 25.1 Å². The molecule has 0 saturated carbocycles. The molecule has 0 aromatic heterocycles. The van der Waals surface area contributed by atoms with Crippen LogP contribution >= 0.6 is 0 Å². The topological polar surface area (TPSA) is 20.2 Å². The van der Waals surface area contributed by atoms with Crippen molar-refractivity contribution in [1.82, 2.24) is 0 Å². The Morgan fingerprint density at radius 2 is 2.30 bits per heavy atom. The second-order valence-electron chi connectivity index (χ2n) is 2.21. The van der Waals surface area contributed by atoms with Gasteiger partial charge in [-0.2, -0.15) is 0 Å². The van der Waals surface area contributed by atoms with E-state index in [0.717, 1.165) is 12.0 Å². The number of aliphatic hydroxyl groups is 1. The van der Waals surface area contributed by atoms with Crippen molar-refractivity contribution < 1.29 is 5.11 Å². The molecule has 1 nitrogen and oxygen atoms in total. The zero-order chi connectivity index (χ0) is 7.40. The van der Waals surface area contributed by atoms with Gasteiger partial charge in [0.1, 0.15) is 0 Å². The lowest BCUT2D eigenvalue weighted by Crippen LogP contribution is -1.90. The Hall–Kier alpha value is -0.820. The lowest BCUT2D eigenvalue weighted by Gasteiger charge is -2.01. The van der Waals surface area contributed by atoms with E-state index in [4.69, 9.17) is 5.11 Å². The van der Waals surface area contributed by atoms with E-state index in [2.05, 4.69) is 13.0 Å². The molecule has 1 N–H and O–H groups in total. The molecule has 0 bridgehead atoms. The van der Waals surface area contributed by atoms with Crippen LogP contribution in [0.1, 0.15) is 18.1 Å². The van der Waals surface area contributed by atoms with Crippen LogP contribution in [0.5, 0.6) is 0 Å². The van der Waals surface area contributed by atoms with Crippen molar-refractivity contribution in [2.45, 2.75) is 20.0 Å². The number of hydrogen-bond donors (Lipinski definition) is 1. The van der Waals surface area contributed by atoms with E-state index in [0.29, 0.717) is 0 Å². The molecular formula is C9H11O. The summed E-state index contributed by atoms with van der Waals surface area (Å²) in [6.07, 6.45) is 0.966. The summed E-state index contributed by atoms with van der Waals surface area (Å²) in [6.45, 7) is 2.21. The van der Waals surface area contributed by atoms with Crippen LogP contribution in [0.4, 0.5) is 0 Å². The van der Waals surface area contributed by atoms with Crippen LogP contribution in [0.25, 0.3) is 0 Å². The van der Waals surface area contributed by atoms with Crippen LogP contribution in [0.15, 0.2) is 18.2 Å². The molecule has 0 aliphatic carbocycles. The molecular weight excluding hydrogens is 124 g/mol. The Bertz CT molecular complexity index is 183. The van der Waals surface area contributed by atoms with Gasteiger partial charge in [-0.25, -0.2) is 0 Å². The Morgan fingerprint density at radius 3 is 2.80 bits per heavy atom. The van der Waals surface area contributed by atoms with Crippen molar-refractivity contribution in [2.24, 2.45) is 0 Å². The van der Waals surface area contributed by atoms with Gasteiger partial charge in [-0.05, 0) is 23.6 Å². The van der Waals surface area contributed by atoms with Gasteiger partial charge in [0.05, 0.1) is 6.61 Å². The zero-order valence-corrected chi connectivity index (χ0v) is 6.09. The van der Waals surface area contributed by atoms with Gasteiger partial charge >= 0.3 is 0 Å². The van der Waals surface area contributed by atoms with Crippen LogP contribution < -0.4 is 0 Å². The first-order chi connectivity index (χ1) is 4.88. The molecule has 53 valence electrons. The molecule has 1 rings (SSSR count). The number of benzene rings is 1. The average Bonchev–Trinajstić information content (AvgIpc) is 2.04. The van der Waals surface area contributed by atoms with Crippen LogP contribution in [0, 0.1) is 6.07 Å². The highest BCUT2D eigenvalue weighted by molar-refractivity contribution is 5.25. The van der Waals surface area contributed by atoms with Crippen molar-refractivity contribution >= 4 is 0 Å². The summed E-state index contributed by atoms with van der Waals surface area (Å²) in [4.78, 5) is 0. The summed E-state index contributed by atoms with van der Waals surface area (Å²) in [5, 5.41) is 8.84. The quantitative estimate of drug-likeness (QED) is 0.652. The summed E-state index contributed by atoms with van der Waals surface area (Å²) in [6, 6.07) is 8.62. The van der Waals surface area contributed by atoms with Crippen LogP contribution in [-0.2, 0) is 13.0 Å². The maximum Gasteiger partial charge on any atom is 0.0684 e. The summed E-state index contributed by atoms with van der Waals surface area (Å²) in [7, 11) is 0. The third kappa shape index (κ3) is 1.36. The highest BCUT2D eigenvalue weighted by Crippen LogP contribution is 2.07. The summed E-state index contributed by atoms with van der Waals surface area (Å²) < 4.78 is 0. The summed E-state index contributed by atoms with van der Waals surface area (Å²) in [5.74, 6) is 0. The molecule has 1 aromatic carbocycles. The molecule has 1 aromatic rings. The van der Waals surface area contributed by atoms with Gasteiger partial charge < -0.3 is 5.11 Å². The Labute approximate surface area is 61.3 Å². The van der Waals surface area contributed by atoms with Crippen molar-refractivity contribution in [1.29, 1.82) is 0 Å². The van der Waals surface area contributed by atoms with E-state index < -0.39 is 0 Å². The third-order valence-electron chi connectivity index (χ3n) is 1.60. The lowest BCUT2D eigenvalue weighted by molar-refractivity contribution is 0.280. The molecule has 0 atom stereocenters. The van der Waals surface area contributed by atoms with E-state index in [1.807, 2.05) is 18.2 Å². The molecule has 10 heavy (non-hydrogen) atoms. The predicted molar refractivity (Wildman–Crippen MR) is 40.6 cm³/mol. The minimum atomic E-state index is 0.137. The maximum absolute atomic E-state index is 8.84. The molecule has 1 radical (unpaired) electrons. The predicted octanol–water partition coefficient (Wildman–Crippen LogP) is 1.54. The van der Waals surface area contributed by atoms with Crippen molar-refractivity contribution in [3.63, 3.8) is 0 Å². The smallest absolute Gasteiger partial charge is 0.0684 e. The monoisotopic (exact) mass is 135 g/mol. The number of hydrogen-bond acceptors (Lipinski definition) is 1. The van der Waals surface area contributed by atoms with Crippen molar-refractivity contribution in [2.75, 3.05) is 0 Å². The lowest BCUT2D eigenvalue weighted by atomic mass is 10.1. The summed E-state index contributed by atoms with van der Waals surface area (Å²) in [5.41, 5.74) is 2.20. The highest BCUT2D eigenvalue weighted by Gasteiger charge is 1.95. The molecule has 1 heteroatoms. The second kappa shape index (κ2) is 3.37. The molecule has 0 unspecified atom stereocenters. The average molecular weight is 135 g/mol. The largest absolute Gasteiger partial charge is 0.392 e. The Morgan fingerprint density at radius 1 is 1.50 bits per heavy atom. The Kier molecular flexibility index (Phi) is 2.46. The first kappa shape index (κ1) is 7.29. The molecule has 0 aliphatic rings. The van der Waals surface area contributed by atoms with Gasteiger partial charge in [-0.3, -0.25) is 0 Å². The minimum absolute atomic E-state index is 0.137. The molecule has 0 fully saturated rings. The Balaban J connectivity index is 2.96. The van der Waals surface area contributed by atoms with Gasteiger partial charge in [0.25, 0.3) is 0 Å². The first-order valence-electron chi connectivity index (χ1n) is 3.47. The van der Waals surface area contributed by atoms with Crippen molar-refractivity contribution in [3.05, 3.63) is 35.4 Å². The van der Waals surface area contributed by atoms with E-state index in [1.165, 1.54) is 5.56 Å². The minimum Gasteiger partial charge on any atom is -0.392 e. The summed E-state index contributed by atoms with van der Waals surface area (Å²) >= 11 is 0. The third-order valence-corrected chi connectivity index (χ3v) is 1.60. The van der Waals surface area contributed by atoms with E-state index in [1.54, 1.807) is 0 Å². The number of aryl methyl sites for hydroxylation is 1. The van der Waals surface area contributed by atoms with Crippen LogP contribution in [0.3, 0.4) is 0 Å². The first-order valence-corrected chi connectivity index (χ1v) is 3.47. The molecule has 0 aliphatic heterocycles. The SMILES string of the molecule is CCc1c[c]ccc1CO. The van der Waals surface area contributed by atoms with Gasteiger partial charge in [0.15, 0.2) is 0 Å². The van der Waals surface area contributed by atoms with E-state index >= 15 is 0 Å². The normalized spacial score (nSPS) is 9.80.